The van der Waals surface area contributed by atoms with E-state index in [4.69, 9.17) is 0 Å². The average molecular weight is 345 g/mol. The lowest BCUT2D eigenvalue weighted by atomic mass is 9.78. The second-order valence-corrected chi connectivity index (χ2v) is 8.94. The lowest BCUT2D eigenvalue weighted by Gasteiger charge is -2.28. The van der Waals surface area contributed by atoms with Gasteiger partial charge >= 0.3 is 0 Å². The highest BCUT2D eigenvalue weighted by molar-refractivity contribution is 4.93. The van der Waals surface area contributed by atoms with Crippen LogP contribution in [-0.4, -0.2) is 0 Å². The number of unbranched alkanes of at least 4 members (excludes halogenated alkanes) is 2. The van der Waals surface area contributed by atoms with Gasteiger partial charge in [-0.1, -0.05) is 76.7 Å². The van der Waals surface area contributed by atoms with Crippen molar-refractivity contribution in [2.24, 2.45) is 23.7 Å². The van der Waals surface area contributed by atoms with Gasteiger partial charge in [-0.15, -0.1) is 0 Å². The van der Waals surface area contributed by atoms with E-state index in [0.717, 1.165) is 23.7 Å². The van der Waals surface area contributed by atoms with E-state index >= 15 is 0 Å². The zero-order valence-electron chi connectivity index (χ0n) is 17.2. The van der Waals surface area contributed by atoms with E-state index in [1.807, 2.05) is 0 Å². The molecule has 0 aromatic heterocycles. The molecule has 0 amide bonds. The maximum atomic E-state index is 2.53. The topological polar surface area (TPSA) is 0 Å². The third-order valence-corrected chi connectivity index (χ3v) is 6.82. The largest absolute Gasteiger partial charge is 0.0885 e. The zero-order valence-corrected chi connectivity index (χ0v) is 17.2. The molecule has 0 unspecified atom stereocenters. The van der Waals surface area contributed by atoms with Crippen LogP contribution in [0.25, 0.3) is 0 Å². The molecule has 2 saturated carbocycles. The first-order valence-electron chi connectivity index (χ1n) is 11.6. The van der Waals surface area contributed by atoms with Gasteiger partial charge in [-0.2, -0.15) is 0 Å². The third-order valence-electron chi connectivity index (χ3n) is 6.82. The van der Waals surface area contributed by atoms with Crippen LogP contribution in [0.15, 0.2) is 24.3 Å². The molecule has 0 saturated heterocycles. The lowest BCUT2D eigenvalue weighted by Crippen LogP contribution is -2.14. The summed E-state index contributed by atoms with van der Waals surface area (Å²) in [5.41, 5.74) is 0. The molecular weight excluding hydrogens is 300 g/mol. The van der Waals surface area contributed by atoms with Gasteiger partial charge in [-0.3, -0.25) is 0 Å². The van der Waals surface area contributed by atoms with Gasteiger partial charge in [0.25, 0.3) is 0 Å². The quantitative estimate of drug-likeness (QED) is 0.275. The summed E-state index contributed by atoms with van der Waals surface area (Å²) in [5.74, 6) is 3.90. The molecule has 2 aliphatic rings. The number of hydrogen-bond acceptors (Lipinski definition) is 0. The van der Waals surface area contributed by atoms with Crippen LogP contribution in [0.3, 0.4) is 0 Å². The number of hydrogen-bond donors (Lipinski definition) is 0. The SMILES string of the molecule is CCC=CC1CCC(CC=CCC2CCC(CCCCC)CC2)CC1. The zero-order chi connectivity index (χ0) is 17.7. The molecule has 2 rings (SSSR count). The molecule has 0 nitrogen and oxygen atoms in total. The maximum absolute atomic E-state index is 2.53. The van der Waals surface area contributed by atoms with Crippen molar-refractivity contribution in [1.82, 2.24) is 0 Å². The molecule has 0 N–H and O–H groups in total. The van der Waals surface area contributed by atoms with E-state index in [0.29, 0.717) is 0 Å². The van der Waals surface area contributed by atoms with Crippen molar-refractivity contribution in [3.63, 3.8) is 0 Å². The summed E-state index contributed by atoms with van der Waals surface area (Å²) in [5, 5.41) is 0. The molecule has 2 fully saturated rings. The fourth-order valence-electron chi connectivity index (χ4n) is 4.96. The summed E-state index contributed by atoms with van der Waals surface area (Å²) in [6.07, 6.45) is 31.4. The van der Waals surface area contributed by atoms with Crippen molar-refractivity contribution in [3.05, 3.63) is 24.3 Å². The highest BCUT2D eigenvalue weighted by atomic mass is 14.3. The van der Waals surface area contributed by atoms with Crippen molar-refractivity contribution in [2.45, 2.75) is 110 Å². The van der Waals surface area contributed by atoms with E-state index in [-0.39, 0.29) is 0 Å². The second kappa shape index (κ2) is 12.8. The fraction of sp³-hybridized carbons (Fsp3) is 0.840. The first-order chi connectivity index (χ1) is 12.3. The van der Waals surface area contributed by atoms with Crippen LogP contribution >= 0.6 is 0 Å². The molecular formula is C25H44. The van der Waals surface area contributed by atoms with Crippen LogP contribution in [0.1, 0.15) is 110 Å². The Kier molecular flexibility index (Phi) is 10.6. The minimum Gasteiger partial charge on any atom is -0.0885 e. The average Bonchev–Trinajstić information content (AvgIpc) is 2.66. The first kappa shape index (κ1) is 20.8. The van der Waals surface area contributed by atoms with Gasteiger partial charge in [0.2, 0.25) is 0 Å². The molecule has 0 heterocycles. The van der Waals surface area contributed by atoms with Crippen molar-refractivity contribution < 1.29 is 0 Å². The molecule has 25 heavy (non-hydrogen) atoms. The van der Waals surface area contributed by atoms with Crippen LogP contribution in [0.4, 0.5) is 0 Å². The van der Waals surface area contributed by atoms with Crippen LogP contribution in [0, 0.1) is 23.7 Å². The Bertz CT molecular complexity index is 361. The summed E-state index contributed by atoms with van der Waals surface area (Å²) >= 11 is 0. The monoisotopic (exact) mass is 344 g/mol. The number of allylic oxidation sites excluding steroid dienone is 4. The van der Waals surface area contributed by atoms with E-state index < -0.39 is 0 Å². The second-order valence-electron chi connectivity index (χ2n) is 8.94. The van der Waals surface area contributed by atoms with Crippen molar-refractivity contribution in [2.75, 3.05) is 0 Å². The Balaban J connectivity index is 1.52. The van der Waals surface area contributed by atoms with E-state index in [1.54, 1.807) is 0 Å². The Hall–Kier alpha value is -0.520. The maximum Gasteiger partial charge on any atom is -0.0233 e. The summed E-state index contributed by atoms with van der Waals surface area (Å²) in [4.78, 5) is 0. The van der Waals surface area contributed by atoms with Crippen LogP contribution in [-0.2, 0) is 0 Å². The van der Waals surface area contributed by atoms with Crippen LogP contribution in [0.2, 0.25) is 0 Å². The Labute approximate surface area is 158 Å². The van der Waals surface area contributed by atoms with Gasteiger partial charge in [-0.05, 0) is 81.5 Å². The van der Waals surface area contributed by atoms with Crippen LogP contribution < -0.4 is 0 Å². The number of rotatable bonds is 10. The van der Waals surface area contributed by atoms with Gasteiger partial charge < -0.3 is 0 Å². The molecule has 0 spiro atoms. The van der Waals surface area contributed by atoms with Crippen LogP contribution in [0.5, 0.6) is 0 Å². The van der Waals surface area contributed by atoms with Gasteiger partial charge in [0, 0.05) is 0 Å². The normalized spacial score (nSPS) is 31.1. The predicted molar refractivity (Wildman–Crippen MR) is 113 cm³/mol. The summed E-state index contributed by atoms with van der Waals surface area (Å²) in [6.45, 7) is 4.56. The minimum absolute atomic E-state index is 0.882. The lowest BCUT2D eigenvalue weighted by molar-refractivity contribution is 0.259. The summed E-state index contributed by atoms with van der Waals surface area (Å²) < 4.78 is 0. The standard InChI is InChI=1S/C25H44/c1-3-5-7-11-23-18-20-25(21-19-23)13-9-8-12-24-16-14-22(15-17-24)10-6-4-2/h6,8-10,22-25H,3-5,7,11-21H2,1-2H3. The third kappa shape index (κ3) is 8.61. The van der Waals surface area contributed by atoms with Gasteiger partial charge in [0.15, 0.2) is 0 Å². The summed E-state index contributed by atoms with van der Waals surface area (Å²) in [6, 6.07) is 0. The van der Waals surface area contributed by atoms with Crippen molar-refractivity contribution in [1.29, 1.82) is 0 Å². The highest BCUT2D eigenvalue weighted by Crippen LogP contribution is 2.34. The van der Waals surface area contributed by atoms with E-state index in [2.05, 4.69) is 38.2 Å². The van der Waals surface area contributed by atoms with E-state index in [1.165, 1.54) is 96.3 Å². The Morgan fingerprint density at radius 3 is 1.76 bits per heavy atom. The Morgan fingerprint density at radius 1 is 0.640 bits per heavy atom. The molecule has 2 aliphatic carbocycles. The molecule has 0 radical (unpaired) electrons. The molecule has 144 valence electrons. The van der Waals surface area contributed by atoms with Crippen molar-refractivity contribution in [3.8, 4) is 0 Å². The molecule has 0 bridgehead atoms. The van der Waals surface area contributed by atoms with Gasteiger partial charge in [-0.25, -0.2) is 0 Å². The molecule has 0 heteroatoms. The predicted octanol–water partition coefficient (Wildman–Crippen LogP) is 8.48. The molecule has 0 aliphatic heterocycles. The first-order valence-corrected chi connectivity index (χ1v) is 11.6. The summed E-state index contributed by atoms with van der Waals surface area (Å²) in [7, 11) is 0. The smallest absolute Gasteiger partial charge is 0.0233 e. The highest BCUT2D eigenvalue weighted by Gasteiger charge is 2.20. The Morgan fingerprint density at radius 2 is 1.20 bits per heavy atom. The van der Waals surface area contributed by atoms with Gasteiger partial charge in [0.1, 0.15) is 0 Å². The van der Waals surface area contributed by atoms with E-state index in [9.17, 15) is 0 Å². The molecule has 0 aromatic rings. The minimum atomic E-state index is 0.882. The molecule has 0 aromatic carbocycles. The molecule has 0 atom stereocenters. The van der Waals surface area contributed by atoms with Crippen molar-refractivity contribution >= 4 is 0 Å². The fourth-order valence-corrected chi connectivity index (χ4v) is 4.96. The van der Waals surface area contributed by atoms with Gasteiger partial charge in [0.05, 0.1) is 0 Å².